The summed E-state index contributed by atoms with van der Waals surface area (Å²) >= 11 is 0. The molecule has 1 unspecified atom stereocenters. The fraction of sp³-hybridized carbons (Fsp3) is 0.391. The van der Waals surface area contributed by atoms with Gasteiger partial charge in [0.15, 0.2) is 5.90 Å². The van der Waals surface area contributed by atoms with E-state index in [1.807, 2.05) is 30.3 Å². The lowest BCUT2D eigenvalue weighted by atomic mass is 9.95. The predicted octanol–water partition coefficient (Wildman–Crippen LogP) is 4.79. The molecule has 1 N–H and O–H groups in total. The van der Waals surface area contributed by atoms with Gasteiger partial charge in [0.05, 0.1) is 6.54 Å². The molecule has 0 radical (unpaired) electrons. The van der Waals surface area contributed by atoms with E-state index in [0.29, 0.717) is 18.0 Å². The van der Waals surface area contributed by atoms with Gasteiger partial charge in [0, 0.05) is 18.4 Å². The van der Waals surface area contributed by atoms with Gasteiger partial charge >= 0.3 is 6.36 Å². The molecule has 2 aromatic rings. The summed E-state index contributed by atoms with van der Waals surface area (Å²) in [5, 5.41) is 2.89. The summed E-state index contributed by atoms with van der Waals surface area (Å²) in [5.74, 6) is 0.00733. The van der Waals surface area contributed by atoms with E-state index in [1.165, 1.54) is 24.3 Å². The van der Waals surface area contributed by atoms with Crippen molar-refractivity contribution in [1.29, 1.82) is 0 Å². The molecule has 1 aliphatic heterocycles. The van der Waals surface area contributed by atoms with Gasteiger partial charge in [0.25, 0.3) is 0 Å². The number of halogens is 3. The Hall–Kier alpha value is -3.03. The minimum absolute atomic E-state index is 0.0451. The molecule has 3 atom stereocenters. The number of hydrogen-bond donors (Lipinski definition) is 1. The molecule has 0 saturated heterocycles. The summed E-state index contributed by atoms with van der Waals surface area (Å²) in [6.45, 7) is 0.783. The Morgan fingerprint density at radius 3 is 2.55 bits per heavy atom. The van der Waals surface area contributed by atoms with Crippen molar-refractivity contribution < 1.29 is 27.4 Å². The van der Waals surface area contributed by atoms with E-state index in [2.05, 4.69) is 15.0 Å². The van der Waals surface area contributed by atoms with Crippen molar-refractivity contribution in [2.75, 3.05) is 6.54 Å². The first-order valence-corrected chi connectivity index (χ1v) is 10.3. The van der Waals surface area contributed by atoms with Gasteiger partial charge in [-0.1, -0.05) is 48.9 Å². The van der Waals surface area contributed by atoms with Gasteiger partial charge in [0.2, 0.25) is 5.91 Å². The molecular formula is C23H23F3N2O3. The molecule has 164 valence electrons. The summed E-state index contributed by atoms with van der Waals surface area (Å²) in [6.07, 6.45) is -2.31. The summed E-state index contributed by atoms with van der Waals surface area (Å²) in [7, 11) is 0. The number of alkyl halides is 3. The zero-order valence-electron chi connectivity index (χ0n) is 16.8. The third-order valence-corrected chi connectivity index (χ3v) is 5.64. The topological polar surface area (TPSA) is 59.9 Å². The molecule has 1 saturated carbocycles. The standard InChI is InChI=1S/C23H23F3N2O3/c24-23(25,26)31-17-11-9-15(10-12-17)13-27-21(29)18-7-4-8-19(18)22-28-14-20(30-22)16-5-2-1-3-6-16/h1-3,5-6,9-12,18-20H,4,7-8,13-14H2,(H,27,29)/t18-,19-,20?/m1/s1. The van der Waals surface area contributed by atoms with Crippen molar-refractivity contribution in [3.05, 3.63) is 65.7 Å². The molecule has 1 amide bonds. The number of ether oxygens (including phenoxy) is 2. The second-order valence-corrected chi connectivity index (χ2v) is 7.75. The van der Waals surface area contributed by atoms with Crippen LogP contribution in [-0.4, -0.2) is 24.7 Å². The maximum Gasteiger partial charge on any atom is 0.573 e. The van der Waals surface area contributed by atoms with Crippen LogP contribution >= 0.6 is 0 Å². The smallest absolute Gasteiger partial charge is 0.471 e. The quantitative estimate of drug-likeness (QED) is 0.714. The molecule has 5 nitrogen and oxygen atoms in total. The van der Waals surface area contributed by atoms with Crippen LogP contribution in [0, 0.1) is 11.8 Å². The SMILES string of the molecule is O=C(NCc1ccc(OC(F)(F)F)cc1)[C@@H]1CCC[C@H]1C1=NCC(c2ccccc2)O1. The van der Waals surface area contributed by atoms with Gasteiger partial charge in [0.1, 0.15) is 11.9 Å². The predicted molar refractivity (Wildman–Crippen MR) is 108 cm³/mol. The molecule has 2 aliphatic rings. The molecule has 8 heteroatoms. The van der Waals surface area contributed by atoms with E-state index in [0.717, 1.165) is 24.8 Å². The highest BCUT2D eigenvalue weighted by Gasteiger charge is 2.40. The van der Waals surface area contributed by atoms with Gasteiger partial charge in [-0.05, 0) is 36.1 Å². The molecule has 1 aliphatic carbocycles. The van der Waals surface area contributed by atoms with E-state index in [4.69, 9.17) is 4.74 Å². The fourth-order valence-electron chi connectivity index (χ4n) is 4.14. The van der Waals surface area contributed by atoms with Crippen molar-refractivity contribution in [3.8, 4) is 5.75 Å². The lowest BCUT2D eigenvalue weighted by Gasteiger charge is -2.20. The van der Waals surface area contributed by atoms with E-state index >= 15 is 0 Å². The highest BCUT2D eigenvalue weighted by molar-refractivity contribution is 5.89. The molecular weight excluding hydrogens is 409 g/mol. The van der Waals surface area contributed by atoms with Crippen LogP contribution in [0.5, 0.6) is 5.75 Å². The Kier molecular flexibility index (Phi) is 6.15. The molecule has 0 spiro atoms. The van der Waals surface area contributed by atoms with Crippen LogP contribution in [0.25, 0.3) is 0 Å². The maximum absolute atomic E-state index is 12.8. The van der Waals surface area contributed by atoms with Crippen LogP contribution in [0.1, 0.15) is 36.5 Å². The number of carbonyl (C=O) groups excluding carboxylic acids is 1. The Morgan fingerprint density at radius 2 is 1.84 bits per heavy atom. The summed E-state index contributed by atoms with van der Waals surface area (Å²) in [4.78, 5) is 17.4. The number of aliphatic imine (C=N–C) groups is 1. The zero-order valence-corrected chi connectivity index (χ0v) is 16.8. The Balaban J connectivity index is 1.31. The number of nitrogens with zero attached hydrogens (tertiary/aromatic N) is 1. The maximum atomic E-state index is 12.8. The third-order valence-electron chi connectivity index (χ3n) is 5.64. The van der Waals surface area contributed by atoms with Gasteiger partial charge in [-0.2, -0.15) is 0 Å². The van der Waals surface area contributed by atoms with Crippen molar-refractivity contribution in [1.82, 2.24) is 5.32 Å². The van der Waals surface area contributed by atoms with Crippen LogP contribution in [-0.2, 0) is 16.1 Å². The average Bonchev–Trinajstić information content (AvgIpc) is 3.42. The summed E-state index contributed by atoms with van der Waals surface area (Å²) < 4.78 is 46.7. The zero-order chi connectivity index (χ0) is 21.8. The first kappa shape index (κ1) is 21.2. The molecule has 1 fully saturated rings. The number of nitrogens with one attached hydrogen (secondary N) is 1. The highest BCUT2D eigenvalue weighted by atomic mass is 19.4. The number of rotatable bonds is 6. The van der Waals surface area contributed by atoms with Crippen molar-refractivity contribution in [3.63, 3.8) is 0 Å². The Bertz CT molecular complexity index is 929. The lowest BCUT2D eigenvalue weighted by molar-refractivity contribution is -0.274. The van der Waals surface area contributed by atoms with Crippen LogP contribution < -0.4 is 10.1 Å². The first-order chi connectivity index (χ1) is 14.9. The first-order valence-electron chi connectivity index (χ1n) is 10.3. The van der Waals surface area contributed by atoms with Crippen molar-refractivity contribution in [2.45, 2.75) is 38.3 Å². The van der Waals surface area contributed by atoms with E-state index < -0.39 is 6.36 Å². The number of amides is 1. The molecule has 2 aromatic carbocycles. The number of benzene rings is 2. The lowest BCUT2D eigenvalue weighted by Crippen LogP contribution is -2.35. The van der Waals surface area contributed by atoms with Crippen LogP contribution in [0.2, 0.25) is 0 Å². The molecule has 31 heavy (non-hydrogen) atoms. The molecule has 0 aromatic heterocycles. The van der Waals surface area contributed by atoms with Crippen LogP contribution in [0.4, 0.5) is 13.2 Å². The third kappa shape index (κ3) is 5.37. The highest BCUT2D eigenvalue weighted by Crippen LogP contribution is 2.37. The second-order valence-electron chi connectivity index (χ2n) is 7.75. The molecule has 4 rings (SSSR count). The Labute approximate surface area is 178 Å². The molecule has 0 bridgehead atoms. The van der Waals surface area contributed by atoms with Crippen molar-refractivity contribution in [2.24, 2.45) is 16.8 Å². The summed E-state index contributed by atoms with van der Waals surface area (Å²) in [5.41, 5.74) is 1.76. The van der Waals surface area contributed by atoms with Crippen molar-refractivity contribution >= 4 is 11.8 Å². The number of carbonyl (C=O) groups is 1. The Morgan fingerprint density at radius 1 is 1.10 bits per heavy atom. The minimum Gasteiger partial charge on any atom is -0.471 e. The van der Waals surface area contributed by atoms with Crippen LogP contribution in [0.3, 0.4) is 0 Å². The largest absolute Gasteiger partial charge is 0.573 e. The normalized spacial score (nSPS) is 23.2. The fourth-order valence-corrected chi connectivity index (χ4v) is 4.14. The second kappa shape index (κ2) is 8.99. The molecule has 1 heterocycles. The van der Waals surface area contributed by atoms with E-state index in [-0.39, 0.29) is 36.1 Å². The van der Waals surface area contributed by atoms with Gasteiger partial charge in [-0.25, -0.2) is 0 Å². The van der Waals surface area contributed by atoms with Crippen LogP contribution in [0.15, 0.2) is 59.6 Å². The van der Waals surface area contributed by atoms with Gasteiger partial charge in [-0.3, -0.25) is 9.79 Å². The summed E-state index contributed by atoms with van der Waals surface area (Å²) in [6, 6.07) is 15.4. The van der Waals surface area contributed by atoms with Gasteiger partial charge in [-0.15, -0.1) is 13.2 Å². The average molecular weight is 432 g/mol. The minimum atomic E-state index is -4.72. The van der Waals surface area contributed by atoms with E-state index in [1.54, 1.807) is 0 Å². The monoisotopic (exact) mass is 432 g/mol. The number of hydrogen-bond acceptors (Lipinski definition) is 4. The van der Waals surface area contributed by atoms with Gasteiger partial charge < -0.3 is 14.8 Å². The van der Waals surface area contributed by atoms with E-state index in [9.17, 15) is 18.0 Å².